The van der Waals surface area contributed by atoms with Gasteiger partial charge < -0.3 is 0 Å². The molecule has 0 aromatic carbocycles. The van der Waals surface area contributed by atoms with Gasteiger partial charge in [-0.15, -0.1) is 20.5 Å². The van der Waals surface area contributed by atoms with Crippen molar-refractivity contribution in [1.82, 2.24) is 9.13 Å². The molecular weight excluding hydrogens is 619 g/mol. The number of nitrogens with zero attached hydrogens (tertiary/aromatic N) is 6. The summed E-state index contributed by atoms with van der Waals surface area (Å²) in [6, 6.07) is -0.813. The van der Waals surface area contributed by atoms with Crippen molar-refractivity contribution in [1.29, 1.82) is 0 Å². The average molecular weight is 649 g/mol. The third-order valence-electron chi connectivity index (χ3n) is 4.56. The maximum atomic E-state index is 12.1. The summed E-state index contributed by atoms with van der Waals surface area (Å²) in [7, 11) is -6.07. The van der Waals surface area contributed by atoms with Gasteiger partial charge in [0.25, 0.3) is 0 Å². The minimum absolute atomic E-state index is 0. The number of Topliss-reactive ketones (excluding diaryl/α,β-unsaturated/α-hetero) is 2. The van der Waals surface area contributed by atoms with E-state index in [0.29, 0.717) is 13.1 Å². The topological polar surface area (TPSA) is 261 Å². The van der Waals surface area contributed by atoms with Crippen LogP contribution < -0.4 is 46.4 Å². The number of rotatable bonds is 9. The molecule has 0 bridgehead atoms. The van der Waals surface area contributed by atoms with Crippen LogP contribution >= 0.6 is 0 Å². The zero-order chi connectivity index (χ0) is 29.8. The summed E-state index contributed by atoms with van der Waals surface area (Å²) in [5, 5.41) is 0. The monoisotopic (exact) mass is 647 g/mol. The van der Waals surface area contributed by atoms with E-state index in [1.165, 1.54) is 0 Å². The first-order valence-corrected chi connectivity index (χ1v) is 13.0. The number of aromatic nitrogens is 4. The van der Waals surface area contributed by atoms with E-state index >= 15 is 0 Å². The minimum Gasteiger partial charge on any atom is -0.295 e. The zero-order valence-electron chi connectivity index (χ0n) is 21.9. The number of halogens is 2. The molecule has 2 aromatic rings. The summed E-state index contributed by atoms with van der Waals surface area (Å²) < 4.78 is 75.4. The van der Waals surface area contributed by atoms with Gasteiger partial charge in [0.15, 0.2) is 23.7 Å². The van der Waals surface area contributed by atoms with E-state index in [-0.39, 0.29) is 28.6 Å². The number of imidazole rings is 2. The van der Waals surface area contributed by atoms with Crippen molar-refractivity contribution in [3.63, 3.8) is 0 Å². The zero-order valence-corrected chi connectivity index (χ0v) is 24.3. The summed E-state index contributed by atoms with van der Waals surface area (Å²) in [5.74, 6) is 0.0727. The molecule has 2 heterocycles. The van der Waals surface area contributed by atoms with Gasteiger partial charge in [0.1, 0.15) is 24.8 Å². The van der Waals surface area contributed by atoms with Gasteiger partial charge in [0.05, 0.1) is 38.6 Å². The molecule has 0 spiro atoms. The summed E-state index contributed by atoms with van der Waals surface area (Å²) in [5.41, 5.74) is 1.49. The molecule has 2 rings (SSSR count). The Morgan fingerprint density at radius 3 is 1.13 bits per heavy atom. The van der Waals surface area contributed by atoms with Crippen molar-refractivity contribution >= 4 is 23.0 Å². The van der Waals surface area contributed by atoms with Crippen LogP contribution in [0.25, 0.3) is 0 Å². The van der Waals surface area contributed by atoms with Crippen molar-refractivity contribution in [3.05, 3.63) is 37.4 Å². The summed E-state index contributed by atoms with van der Waals surface area (Å²) in [4.78, 5) is 33.3. The van der Waals surface area contributed by atoms with Crippen LogP contribution in [0.1, 0.15) is 39.8 Å². The van der Waals surface area contributed by atoms with E-state index in [1.807, 2.05) is 83.7 Å². The van der Waals surface area contributed by atoms with Gasteiger partial charge >= 0.3 is 17.1 Å². The van der Waals surface area contributed by atoms with Crippen LogP contribution in [0.15, 0.2) is 47.4 Å². The number of aryl methyl sites for hydroxylation is 2. The number of carbonyl (C=O) groups excluding carboxylic acids is 2. The summed E-state index contributed by atoms with van der Waals surface area (Å²) in [6.45, 7) is 7.79. The second-order valence-corrected chi connectivity index (χ2v) is 9.39. The predicted octanol–water partition coefficient (Wildman–Crippen LogP) is -8.69. The summed E-state index contributed by atoms with van der Waals surface area (Å²) in [6.07, 6.45) is 11.2. The van der Waals surface area contributed by atoms with Crippen LogP contribution in [0.3, 0.4) is 0 Å². The summed E-state index contributed by atoms with van der Waals surface area (Å²) >= 11 is 0. The van der Waals surface area contributed by atoms with Crippen molar-refractivity contribution in [3.8, 4) is 0 Å². The van der Waals surface area contributed by atoms with E-state index in [9.17, 15) is 9.59 Å². The first-order valence-electron chi connectivity index (χ1n) is 10.5. The van der Waals surface area contributed by atoms with Gasteiger partial charge in [-0.05, 0) is 27.7 Å². The molecule has 2 unspecified atom stereocenters. The van der Waals surface area contributed by atoms with E-state index in [4.69, 9.17) is 37.3 Å². The van der Waals surface area contributed by atoms with Gasteiger partial charge in [0, 0.05) is 0 Å². The number of aliphatic imine (C=N–C) groups is 2. The van der Waals surface area contributed by atoms with Gasteiger partial charge in [0.2, 0.25) is 12.7 Å². The first kappa shape index (κ1) is 39.0. The fraction of sp³-hybridized carbons (Fsp3) is 0.500. The molecule has 19 heteroatoms. The van der Waals surface area contributed by atoms with Crippen molar-refractivity contribution in [2.24, 2.45) is 24.1 Å². The van der Waals surface area contributed by atoms with E-state index in [0.717, 1.165) is 11.4 Å². The molecule has 16 nitrogen and oxygen atoms in total. The molecular formula is C20H30Cl2CuN6O10+2. The average Bonchev–Trinajstić information content (AvgIpc) is 3.30. The van der Waals surface area contributed by atoms with Crippen LogP contribution in [-0.2, 0) is 40.8 Å². The molecule has 1 radical (unpaired) electrons. The smallest absolute Gasteiger partial charge is 0.295 e. The molecule has 0 aliphatic carbocycles. The fourth-order valence-electron chi connectivity index (χ4n) is 3.31. The van der Waals surface area contributed by atoms with E-state index in [1.54, 1.807) is 13.8 Å². The molecule has 0 aliphatic rings. The Morgan fingerprint density at radius 2 is 0.949 bits per heavy atom. The van der Waals surface area contributed by atoms with Crippen LogP contribution in [-0.4, -0.2) is 45.2 Å². The Morgan fingerprint density at radius 1 is 0.692 bits per heavy atom. The number of carbonyl (C=O) groups is 2. The van der Waals surface area contributed by atoms with E-state index < -0.39 is 32.6 Å². The Labute approximate surface area is 239 Å². The van der Waals surface area contributed by atoms with Crippen LogP contribution in [0, 0.1) is 20.5 Å². The molecule has 223 valence electrons. The Hall–Kier alpha value is -2.12. The van der Waals surface area contributed by atoms with Gasteiger partial charge in [-0.1, -0.05) is 0 Å². The quantitative estimate of drug-likeness (QED) is 0.107. The maximum Gasteiger partial charge on any atom is 2.00 e. The first-order chi connectivity index (χ1) is 17.2. The standard InChI is InChI=1S/C20H30N6O2.2ClHO4.Cu/c1-15(19(17(3)27)25-11-9-23(5)13-25)21-7-8-22-16(2)20(18(4)28)26-12-10-24(6)14-26;2*2-1(3,4)5;/h9-14,19-20H,7-8H2,1-6H3;2*(H,2,3,4,5);/q+2;;;+2/p-2. The van der Waals surface area contributed by atoms with Crippen LogP contribution in [0.5, 0.6) is 0 Å². The second kappa shape index (κ2) is 17.5. The molecule has 39 heavy (non-hydrogen) atoms. The molecule has 0 N–H and O–H groups in total. The molecule has 2 atom stereocenters. The van der Waals surface area contributed by atoms with Crippen molar-refractivity contribution < 1.29 is 93.6 Å². The minimum atomic E-state index is -4.94. The van der Waals surface area contributed by atoms with Gasteiger partial charge in [-0.3, -0.25) is 19.6 Å². The van der Waals surface area contributed by atoms with E-state index in [2.05, 4.69) is 9.98 Å². The Balaban J connectivity index is 0. The van der Waals surface area contributed by atoms with Gasteiger partial charge in [-0.2, -0.15) is 0 Å². The Kier molecular flexibility index (Phi) is 17.6. The fourth-order valence-corrected chi connectivity index (χ4v) is 3.31. The number of ketones is 2. The van der Waals surface area contributed by atoms with Gasteiger partial charge in [-0.25, -0.2) is 55.5 Å². The van der Waals surface area contributed by atoms with Crippen LogP contribution in [0.4, 0.5) is 0 Å². The van der Waals surface area contributed by atoms with Crippen LogP contribution in [0.2, 0.25) is 0 Å². The molecule has 0 amide bonds. The predicted molar refractivity (Wildman–Crippen MR) is 107 cm³/mol. The third-order valence-corrected chi connectivity index (χ3v) is 4.56. The largest absolute Gasteiger partial charge is 2.00 e. The SMILES string of the molecule is CC(=O)C(C(C)=NCCN=C(C)C(C(C)=O)n1cc[n+](C)c1)n1cc[n+](C)c1.[Cu+2].[O-][Cl+3]([O-])([O-])[O-].[O-][Cl+3]([O-])([O-])[O-]. The molecule has 0 saturated heterocycles. The normalized spacial score (nSPS) is 13.7. The van der Waals surface area contributed by atoms with Crippen molar-refractivity contribution in [2.45, 2.75) is 39.8 Å². The second-order valence-electron chi connectivity index (χ2n) is 7.88. The van der Waals surface area contributed by atoms with Crippen molar-refractivity contribution in [2.75, 3.05) is 13.1 Å². The maximum absolute atomic E-state index is 12.1. The molecule has 0 aliphatic heterocycles. The molecule has 0 saturated carbocycles. The number of hydrogen-bond donors (Lipinski definition) is 0. The number of hydrogen-bond acceptors (Lipinski definition) is 12. The third kappa shape index (κ3) is 18.7. The Bertz CT molecular complexity index is 1010. The molecule has 2 aromatic heterocycles. The molecule has 0 fully saturated rings.